The second-order valence-electron chi connectivity index (χ2n) is 5.79. The summed E-state index contributed by atoms with van der Waals surface area (Å²) in [6.07, 6.45) is -2.91. The molecule has 0 unspecified atom stereocenters. The number of urea groups is 1. The molecule has 2 heterocycles. The number of piperazine rings is 1. The number of halogens is 4. The Morgan fingerprint density at radius 1 is 1.04 bits per heavy atom. The molecule has 1 saturated heterocycles. The summed E-state index contributed by atoms with van der Waals surface area (Å²) < 4.78 is 51.4. The van der Waals surface area contributed by atoms with Gasteiger partial charge in [-0.3, -0.25) is 0 Å². The van der Waals surface area contributed by atoms with E-state index in [9.17, 15) is 22.4 Å². The predicted molar refractivity (Wildman–Crippen MR) is 88.4 cm³/mol. The van der Waals surface area contributed by atoms with E-state index in [0.29, 0.717) is 26.2 Å². The largest absolute Gasteiger partial charge is 0.416 e. The molecular weight excluding hydrogens is 352 g/mol. The summed E-state index contributed by atoms with van der Waals surface area (Å²) >= 11 is 0. The van der Waals surface area contributed by atoms with Crippen molar-refractivity contribution in [3.63, 3.8) is 0 Å². The second-order valence-corrected chi connectivity index (χ2v) is 5.79. The minimum atomic E-state index is -4.42. The molecule has 0 bridgehead atoms. The monoisotopic (exact) mass is 368 g/mol. The van der Waals surface area contributed by atoms with Gasteiger partial charge in [-0.1, -0.05) is 0 Å². The van der Waals surface area contributed by atoms with E-state index in [2.05, 4.69) is 10.3 Å². The van der Waals surface area contributed by atoms with Gasteiger partial charge in [0.15, 0.2) is 11.6 Å². The van der Waals surface area contributed by atoms with Crippen LogP contribution in [-0.4, -0.2) is 42.1 Å². The van der Waals surface area contributed by atoms with E-state index in [1.54, 1.807) is 4.90 Å². The quantitative estimate of drug-likeness (QED) is 0.824. The Morgan fingerprint density at radius 2 is 1.69 bits per heavy atom. The number of alkyl halides is 3. The zero-order chi connectivity index (χ0) is 18.7. The molecule has 0 spiro atoms. The normalized spacial score (nSPS) is 15.1. The number of nitrogens with one attached hydrogen (secondary N) is 1. The van der Waals surface area contributed by atoms with Crippen LogP contribution in [0, 0.1) is 5.82 Å². The maximum atomic E-state index is 13.8. The van der Waals surface area contributed by atoms with Crippen LogP contribution in [-0.2, 0) is 6.18 Å². The highest BCUT2D eigenvalue weighted by Gasteiger charge is 2.30. The molecule has 1 aliphatic heterocycles. The number of pyridine rings is 1. The van der Waals surface area contributed by atoms with Gasteiger partial charge in [-0.2, -0.15) is 13.2 Å². The lowest BCUT2D eigenvalue weighted by Crippen LogP contribution is -2.50. The highest BCUT2D eigenvalue weighted by atomic mass is 19.4. The van der Waals surface area contributed by atoms with Gasteiger partial charge in [-0.25, -0.2) is 14.2 Å². The standard InChI is InChI=1S/C17H16F4N4O/c18-14-2-1-7-22-15(14)24-8-10-25(11-9-24)16(26)23-13-5-3-12(4-6-13)17(19,20)21/h1-7H,8-11H2,(H,23,26). The molecule has 0 radical (unpaired) electrons. The average Bonchev–Trinajstić information content (AvgIpc) is 2.62. The van der Waals surface area contributed by atoms with Crippen LogP contribution in [0.5, 0.6) is 0 Å². The number of amides is 2. The van der Waals surface area contributed by atoms with Gasteiger partial charge >= 0.3 is 12.2 Å². The van der Waals surface area contributed by atoms with Crippen LogP contribution in [0.3, 0.4) is 0 Å². The van der Waals surface area contributed by atoms with E-state index in [-0.39, 0.29) is 11.5 Å². The Morgan fingerprint density at radius 3 is 2.27 bits per heavy atom. The van der Waals surface area contributed by atoms with Crippen LogP contribution in [0.25, 0.3) is 0 Å². The molecule has 0 aliphatic carbocycles. The molecule has 0 saturated carbocycles. The number of rotatable bonds is 2. The van der Waals surface area contributed by atoms with Crippen LogP contribution >= 0.6 is 0 Å². The molecule has 2 aromatic rings. The molecule has 1 fully saturated rings. The number of benzene rings is 1. The summed E-state index contributed by atoms with van der Waals surface area (Å²) in [5.41, 5.74) is -0.497. The van der Waals surface area contributed by atoms with Crippen LogP contribution in [0.2, 0.25) is 0 Å². The third kappa shape index (κ3) is 4.04. The van der Waals surface area contributed by atoms with Crippen molar-refractivity contribution in [1.82, 2.24) is 9.88 Å². The first-order valence-corrected chi connectivity index (χ1v) is 7.93. The molecular formula is C17H16F4N4O. The first-order chi connectivity index (χ1) is 12.3. The number of nitrogens with zero attached hydrogens (tertiary/aromatic N) is 3. The van der Waals surface area contributed by atoms with Crippen molar-refractivity contribution >= 4 is 17.5 Å². The SMILES string of the molecule is O=C(Nc1ccc(C(F)(F)F)cc1)N1CCN(c2ncccc2F)CC1. The minimum absolute atomic E-state index is 0.246. The molecule has 1 N–H and O–H groups in total. The van der Waals surface area contributed by atoms with Gasteiger partial charge in [0.05, 0.1) is 5.56 Å². The first-order valence-electron chi connectivity index (χ1n) is 7.93. The number of hydrogen-bond acceptors (Lipinski definition) is 3. The van der Waals surface area contributed by atoms with Crippen LogP contribution in [0.4, 0.5) is 33.9 Å². The number of anilines is 2. The molecule has 26 heavy (non-hydrogen) atoms. The Labute approximate surface area is 147 Å². The number of hydrogen-bond donors (Lipinski definition) is 1. The molecule has 2 amide bonds. The number of aromatic nitrogens is 1. The Balaban J connectivity index is 1.56. The van der Waals surface area contributed by atoms with Crippen LogP contribution in [0.1, 0.15) is 5.56 Å². The van der Waals surface area contributed by atoms with Crippen molar-refractivity contribution in [2.45, 2.75) is 6.18 Å². The highest BCUT2D eigenvalue weighted by Crippen LogP contribution is 2.29. The van der Waals surface area contributed by atoms with E-state index >= 15 is 0 Å². The van der Waals surface area contributed by atoms with Crippen molar-refractivity contribution in [2.24, 2.45) is 0 Å². The second kappa shape index (κ2) is 7.19. The van der Waals surface area contributed by atoms with Crippen LogP contribution in [0.15, 0.2) is 42.6 Å². The fourth-order valence-corrected chi connectivity index (χ4v) is 2.68. The summed E-state index contributed by atoms with van der Waals surface area (Å²) in [6, 6.07) is 6.67. The molecule has 1 aromatic heterocycles. The summed E-state index contributed by atoms with van der Waals surface area (Å²) in [4.78, 5) is 19.5. The maximum Gasteiger partial charge on any atom is 0.416 e. The zero-order valence-corrected chi connectivity index (χ0v) is 13.6. The van der Waals surface area contributed by atoms with Crippen molar-refractivity contribution in [1.29, 1.82) is 0 Å². The van der Waals surface area contributed by atoms with Gasteiger partial charge in [0, 0.05) is 38.1 Å². The average molecular weight is 368 g/mol. The van der Waals surface area contributed by atoms with Gasteiger partial charge in [0.1, 0.15) is 0 Å². The third-order valence-corrected chi connectivity index (χ3v) is 4.07. The lowest BCUT2D eigenvalue weighted by atomic mass is 10.2. The van der Waals surface area contributed by atoms with Gasteiger partial charge in [0.25, 0.3) is 0 Å². The van der Waals surface area contributed by atoms with Gasteiger partial charge < -0.3 is 15.1 Å². The van der Waals surface area contributed by atoms with Crippen LogP contribution < -0.4 is 10.2 Å². The van der Waals surface area contributed by atoms with Crippen molar-refractivity contribution in [3.05, 3.63) is 54.0 Å². The zero-order valence-electron chi connectivity index (χ0n) is 13.6. The van der Waals surface area contributed by atoms with Crippen molar-refractivity contribution < 1.29 is 22.4 Å². The maximum absolute atomic E-state index is 13.8. The minimum Gasteiger partial charge on any atom is -0.351 e. The van der Waals surface area contributed by atoms with Gasteiger partial charge in [0.2, 0.25) is 0 Å². The summed E-state index contributed by atoms with van der Waals surface area (Å²) in [6.45, 7) is 1.52. The molecule has 0 atom stereocenters. The van der Waals surface area contributed by atoms with E-state index in [4.69, 9.17) is 0 Å². The lowest BCUT2D eigenvalue weighted by molar-refractivity contribution is -0.137. The molecule has 9 heteroatoms. The van der Waals surface area contributed by atoms with E-state index in [1.165, 1.54) is 35.4 Å². The Hall–Kier alpha value is -2.84. The Kier molecular flexibility index (Phi) is 4.97. The Bertz CT molecular complexity index is 771. The topological polar surface area (TPSA) is 48.5 Å². The number of carbonyl (C=O) groups is 1. The fourth-order valence-electron chi connectivity index (χ4n) is 2.68. The molecule has 3 rings (SSSR count). The lowest BCUT2D eigenvalue weighted by Gasteiger charge is -2.35. The predicted octanol–water partition coefficient (Wildman–Crippen LogP) is 3.59. The number of carbonyl (C=O) groups excluding carboxylic acids is 1. The molecule has 138 valence electrons. The fraction of sp³-hybridized carbons (Fsp3) is 0.294. The van der Waals surface area contributed by atoms with E-state index in [0.717, 1.165) is 12.1 Å². The summed E-state index contributed by atoms with van der Waals surface area (Å²) in [5, 5.41) is 2.57. The summed E-state index contributed by atoms with van der Waals surface area (Å²) in [5.74, 6) is -0.176. The first kappa shape index (κ1) is 18.0. The van der Waals surface area contributed by atoms with Gasteiger partial charge in [-0.05, 0) is 36.4 Å². The molecule has 5 nitrogen and oxygen atoms in total. The summed E-state index contributed by atoms with van der Waals surface area (Å²) in [7, 11) is 0. The van der Waals surface area contributed by atoms with E-state index < -0.39 is 23.6 Å². The third-order valence-electron chi connectivity index (χ3n) is 4.07. The smallest absolute Gasteiger partial charge is 0.351 e. The van der Waals surface area contributed by atoms with Crippen molar-refractivity contribution in [3.8, 4) is 0 Å². The van der Waals surface area contributed by atoms with Crippen molar-refractivity contribution in [2.75, 3.05) is 36.4 Å². The van der Waals surface area contributed by atoms with Gasteiger partial charge in [-0.15, -0.1) is 0 Å². The van der Waals surface area contributed by atoms with E-state index in [1.807, 2.05) is 0 Å². The molecule has 1 aromatic carbocycles. The highest BCUT2D eigenvalue weighted by molar-refractivity contribution is 5.89. The molecule has 1 aliphatic rings.